The summed E-state index contributed by atoms with van der Waals surface area (Å²) in [4.78, 5) is 11.4. The smallest absolute Gasteiger partial charge is 0.337 e. The molecule has 2 aliphatic carbocycles. The van der Waals surface area contributed by atoms with Gasteiger partial charge in [0.05, 0.1) is 12.7 Å². The van der Waals surface area contributed by atoms with Gasteiger partial charge in [0.1, 0.15) is 0 Å². The number of ether oxygens (including phenoxy) is 1. The Morgan fingerprint density at radius 2 is 1.88 bits per heavy atom. The molecule has 0 unspecified atom stereocenters. The van der Waals surface area contributed by atoms with Crippen LogP contribution < -0.4 is 0 Å². The van der Waals surface area contributed by atoms with E-state index in [0.717, 1.165) is 5.92 Å². The van der Waals surface area contributed by atoms with Gasteiger partial charge in [-0.05, 0) is 61.1 Å². The first kappa shape index (κ1) is 10.8. The summed E-state index contributed by atoms with van der Waals surface area (Å²) in [5, 5.41) is 0. The van der Waals surface area contributed by atoms with E-state index in [0.29, 0.717) is 11.0 Å². The maximum Gasteiger partial charge on any atom is 0.337 e. The van der Waals surface area contributed by atoms with Gasteiger partial charge < -0.3 is 4.74 Å². The fraction of sp³-hybridized carbons (Fsp3) is 0.533. The van der Waals surface area contributed by atoms with Crippen molar-refractivity contribution in [3.05, 3.63) is 35.4 Å². The van der Waals surface area contributed by atoms with Crippen LogP contribution in [0, 0.1) is 5.92 Å². The Morgan fingerprint density at radius 3 is 2.35 bits per heavy atom. The number of hydrogen-bond acceptors (Lipinski definition) is 2. The third kappa shape index (κ3) is 1.67. The molecule has 0 saturated heterocycles. The van der Waals surface area contributed by atoms with E-state index in [-0.39, 0.29) is 5.97 Å². The zero-order valence-corrected chi connectivity index (χ0v) is 10.2. The third-order valence-electron chi connectivity index (χ3n) is 4.66. The summed E-state index contributed by atoms with van der Waals surface area (Å²) in [7, 11) is 1.42. The molecule has 17 heavy (non-hydrogen) atoms. The minimum atomic E-state index is -0.246. The standard InChI is InChI=1S/C15H18O2/c1-17-14(16)12-2-4-13(5-3-12)15-8-6-11(10-15)7-9-15/h2-5,11H,6-10H2,1H3. The molecule has 0 atom stereocenters. The topological polar surface area (TPSA) is 26.3 Å². The van der Waals surface area contributed by atoms with Gasteiger partial charge in [0.25, 0.3) is 0 Å². The number of benzene rings is 1. The molecule has 90 valence electrons. The van der Waals surface area contributed by atoms with Gasteiger partial charge >= 0.3 is 5.97 Å². The molecule has 2 heteroatoms. The lowest BCUT2D eigenvalue weighted by molar-refractivity contribution is 0.0600. The van der Waals surface area contributed by atoms with Gasteiger partial charge in [0.15, 0.2) is 0 Å². The predicted octanol–water partition coefficient (Wildman–Crippen LogP) is 3.30. The van der Waals surface area contributed by atoms with Crippen LogP contribution in [0.3, 0.4) is 0 Å². The van der Waals surface area contributed by atoms with Gasteiger partial charge in [0.2, 0.25) is 0 Å². The van der Waals surface area contributed by atoms with Crippen LogP contribution in [-0.4, -0.2) is 13.1 Å². The first-order valence-corrected chi connectivity index (χ1v) is 6.42. The first-order valence-electron chi connectivity index (χ1n) is 6.42. The molecule has 1 aromatic rings. The molecule has 0 aliphatic heterocycles. The van der Waals surface area contributed by atoms with Gasteiger partial charge in [-0.25, -0.2) is 4.79 Å². The van der Waals surface area contributed by atoms with Gasteiger partial charge in [0, 0.05) is 0 Å². The van der Waals surface area contributed by atoms with E-state index >= 15 is 0 Å². The Morgan fingerprint density at radius 1 is 1.24 bits per heavy atom. The van der Waals surface area contributed by atoms with E-state index in [1.54, 1.807) is 0 Å². The highest BCUT2D eigenvalue weighted by atomic mass is 16.5. The average molecular weight is 230 g/mol. The van der Waals surface area contributed by atoms with Gasteiger partial charge in [-0.1, -0.05) is 12.1 Å². The lowest BCUT2D eigenvalue weighted by Gasteiger charge is -2.27. The fourth-order valence-electron chi connectivity index (χ4n) is 3.68. The second-order valence-corrected chi connectivity index (χ2v) is 5.50. The van der Waals surface area contributed by atoms with Crippen LogP contribution in [-0.2, 0) is 10.2 Å². The second-order valence-electron chi connectivity index (χ2n) is 5.50. The minimum absolute atomic E-state index is 0.246. The highest BCUT2D eigenvalue weighted by Crippen LogP contribution is 2.55. The Bertz CT molecular complexity index is 425. The molecular weight excluding hydrogens is 212 g/mol. The van der Waals surface area contributed by atoms with Crippen LogP contribution in [0.2, 0.25) is 0 Å². The average Bonchev–Trinajstić information content (AvgIpc) is 2.99. The van der Waals surface area contributed by atoms with Crippen molar-refractivity contribution >= 4 is 5.97 Å². The van der Waals surface area contributed by atoms with Gasteiger partial charge in [-0.15, -0.1) is 0 Å². The molecule has 2 aliphatic rings. The van der Waals surface area contributed by atoms with Crippen LogP contribution >= 0.6 is 0 Å². The van der Waals surface area contributed by atoms with E-state index < -0.39 is 0 Å². The summed E-state index contributed by atoms with van der Waals surface area (Å²) in [6, 6.07) is 8.06. The van der Waals surface area contributed by atoms with E-state index in [2.05, 4.69) is 12.1 Å². The SMILES string of the molecule is COC(=O)c1ccc(C23CCC(CC2)C3)cc1. The molecule has 3 rings (SSSR count). The van der Waals surface area contributed by atoms with Gasteiger partial charge in [-0.2, -0.15) is 0 Å². The van der Waals surface area contributed by atoms with E-state index in [4.69, 9.17) is 4.74 Å². The molecule has 2 bridgehead atoms. The Kier molecular flexibility index (Phi) is 2.46. The van der Waals surface area contributed by atoms with Crippen molar-refractivity contribution in [2.24, 2.45) is 5.92 Å². The van der Waals surface area contributed by atoms with Crippen LogP contribution in [0.25, 0.3) is 0 Å². The third-order valence-corrected chi connectivity index (χ3v) is 4.66. The number of methoxy groups -OCH3 is 1. The molecule has 0 amide bonds. The first-order chi connectivity index (χ1) is 8.23. The second kappa shape index (κ2) is 3.86. The molecular formula is C15H18O2. The zero-order valence-electron chi connectivity index (χ0n) is 10.2. The van der Waals surface area contributed by atoms with Crippen molar-refractivity contribution in [3.8, 4) is 0 Å². The van der Waals surface area contributed by atoms with E-state index in [1.807, 2.05) is 12.1 Å². The summed E-state index contributed by atoms with van der Waals surface area (Å²) in [6.07, 6.45) is 6.78. The van der Waals surface area contributed by atoms with Crippen molar-refractivity contribution in [1.29, 1.82) is 0 Å². The van der Waals surface area contributed by atoms with Crippen LogP contribution in [0.15, 0.2) is 24.3 Å². The number of carbonyl (C=O) groups is 1. The summed E-state index contributed by atoms with van der Waals surface area (Å²) in [5.41, 5.74) is 2.50. The Balaban J connectivity index is 1.87. The lowest BCUT2D eigenvalue weighted by atomic mass is 9.77. The number of rotatable bonds is 2. The summed E-state index contributed by atoms with van der Waals surface area (Å²) < 4.78 is 4.72. The highest BCUT2D eigenvalue weighted by Gasteiger charge is 2.45. The molecule has 0 spiro atoms. The summed E-state index contributed by atoms with van der Waals surface area (Å²) in [6.45, 7) is 0. The molecule has 0 heterocycles. The number of esters is 1. The molecule has 0 radical (unpaired) electrons. The van der Waals surface area contributed by atoms with Crippen LogP contribution in [0.1, 0.15) is 48.0 Å². The minimum Gasteiger partial charge on any atom is -0.465 e. The highest BCUT2D eigenvalue weighted by molar-refractivity contribution is 5.89. The van der Waals surface area contributed by atoms with Crippen molar-refractivity contribution < 1.29 is 9.53 Å². The van der Waals surface area contributed by atoms with Gasteiger partial charge in [-0.3, -0.25) is 0 Å². The summed E-state index contributed by atoms with van der Waals surface area (Å²) in [5.74, 6) is 0.708. The fourth-order valence-corrected chi connectivity index (χ4v) is 3.68. The largest absolute Gasteiger partial charge is 0.465 e. The van der Waals surface area contributed by atoms with E-state index in [9.17, 15) is 4.79 Å². The van der Waals surface area contributed by atoms with Crippen molar-refractivity contribution in [1.82, 2.24) is 0 Å². The zero-order chi connectivity index (χ0) is 11.9. The van der Waals surface area contributed by atoms with Crippen molar-refractivity contribution in [2.75, 3.05) is 7.11 Å². The van der Waals surface area contributed by atoms with E-state index in [1.165, 1.54) is 44.8 Å². The monoisotopic (exact) mass is 230 g/mol. The number of fused-ring (bicyclic) bond motifs is 2. The Hall–Kier alpha value is -1.31. The molecule has 2 nitrogen and oxygen atoms in total. The molecule has 2 fully saturated rings. The normalized spacial score (nSPS) is 30.5. The maximum atomic E-state index is 11.4. The number of carbonyl (C=O) groups excluding carboxylic acids is 1. The number of hydrogen-bond donors (Lipinski definition) is 0. The molecule has 2 saturated carbocycles. The van der Waals surface area contributed by atoms with Crippen LogP contribution in [0.4, 0.5) is 0 Å². The van der Waals surface area contributed by atoms with Crippen molar-refractivity contribution in [3.63, 3.8) is 0 Å². The molecule has 1 aromatic carbocycles. The molecule has 0 aromatic heterocycles. The lowest BCUT2D eigenvalue weighted by Crippen LogP contribution is -2.19. The molecule has 0 N–H and O–H groups in total. The quantitative estimate of drug-likeness (QED) is 0.729. The summed E-state index contributed by atoms with van der Waals surface area (Å²) >= 11 is 0. The maximum absolute atomic E-state index is 11.4. The van der Waals surface area contributed by atoms with Crippen molar-refractivity contribution in [2.45, 2.75) is 37.5 Å². The Labute approximate surface area is 102 Å². The van der Waals surface area contributed by atoms with Crippen LogP contribution in [0.5, 0.6) is 0 Å². The predicted molar refractivity (Wildman–Crippen MR) is 66.0 cm³/mol.